The van der Waals surface area contributed by atoms with Crippen molar-refractivity contribution in [2.24, 2.45) is 0 Å². The molecular formula is C22H15NO4. The van der Waals surface area contributed by atoms with E-state index in [1.165, 1.54) is 36.4 Å². The predicted octanol–water partition coefficient (Wildman–Crippen LogP) is 3.38. The number of nitrogens with zero attached hydrogens (tertiary/aromatic N) is 1. The van der Waals surface area contributed by atoms with Gasteiger partial charge in [-0.15, -0.1) is 0 Å². The van der Waals surface area contributed by atoms with Gasteiger partial charge in [-0.3, -0.25) is 19.2 Å². The minimum absolute atomic E-state index is 0.106. The van der Waals surface area contributed by atoms with Gasteiger partial charge in [0.25, 0.3) is 17.6 Å². The van der Waals surface area contributed by atoms with Crippen LogP contribution in [0.25, 0.3) is 0 Å². The minimum atomic E-state index is -1.19. The SMILES string of the molecule is O=C(C(=O)N(C(=O)c1ccccc1)C(=O)c1ccccc1)c1ccccc1. The fourth-order valence-electron chi connectivity index (χ4n) is 2.51. The summed E-state index contributed by atoms with van der Waals surface area (Å²) in [6.45, 7) is 0. The molecule has 0 aliphatic rings. The van der Waals surface area contributed by atoms with Crippen molar-refractivity contribution in [1.82, 2.24) is 4.90 Å². The highest BCUT2D eigenvalue weighted by molar-refractivity contribution is 6.48. The van der Waals surface area contributed by atoms with Crippen molar-refractivity contribution in [2.45, 2.75) is 0 Å². The third-order valence-electron chi connectivity index (χ3n) is 3.88. The van der Waals surface area contributed by atoms with Crippen molar-refractivity contribution in [1.29, 1.82) is 0 Å². The molecule has 0 spiro atoms. The minimum Gasteiger partial charge on any atom is -0.283 e. The average molecular weight is 357 g/mol. The van der Waals surface area contributed by atoms with Crippen molar-refractivity contribution < 1.29 is 19.2 Å². The number of ketones is 1. The topological polar surface area (TPSA) is 71.5 Å². The van der Waals surface area contributed by atoms with Gasteiger partial charge < -0.3 is 0 Å². The van der Waals surface area contributed by atoms with Crippen molar-refractivity contribution >= 4 is 23.5 Å². The molecule has 5 heteroatoms. The second-order valence-corrected chi connectivity index (χ2v) is 5.68. The molecule has 0 heterocycles. The summed E-state index contributed by atoms with van der Waals surface area (Å²) in [5, 5.41) is 0. The number of rotatable bonds is 4. The van der Waals surface area contributed by atoms with Crippen molar-refractivity contribution in [3.63, 3.8) is 0 Å². The van der Waals surface area contributed by atoms with Gasteiger partial charge in [0.2, 0.25) is 0 Å². The zero-order valence-electron chi connectivity index (χ0n) is 14.2. The fourth-order valence-corrected chi connectivity index (χ4v) is 2.51. The number of imide groups is 3. The monoisotopic (exact) mass is 357 g/mol. The molecule has 132 valence electrons. The van der Waals surface area contributed by atoms with E-state index in [1.807, 2.05) is 0 Å². The van der Waals surface area contributed by atoms with Crippen LogP contribution in [0.3, 0.4) is 0 Å². The Bertz CT molecular complexity index is 931. The van der Waals surface area contributed by atoms with Crippen LogP contribution >= 0.6 is 0 Å². The van der Waals surface area contributed by atoms with Crippen LogP contribution in [0, 0.1) is 0 Å². The number of carbonyl (C=O) groups excluding carboxylic acids is 4. The molecule has 0 aromatic heterocycles. The van der Waals surface area contributed by atoms with Crippen LogP contribution < -0.4 is 0 Å². The second-order valence-electron chi connectivity index (χ2n) is 5.68. The molecule has 3 rings (SSSR count). The molecule has 0 N–H and O–H groups in total. The number of hydrogen-bond donors (Lipinski definition) is 0. The zero-order valence-corrected chi connectivity index (χ0v) is 14.2. The summed E-state index contributed by atoms with van der Waals surface area (Å²) in [5.74, 6) is -3.81. The van der Waals surface area contributed by atoms with Gasteiger partial charge in [-0.1, -0.05) is 66.7 Å². The first kappa shape index (κ1) is 17.9. The molecule has 3 amide bonds. The maximum Gasteiger partial charge on any atom is 0.308 e. The van der Waals surface area contributed by atoms with Crippen molar-refractivity contribution in [2.75, 3.05) is 0 Å². The van der Waals surface area contributed by atoms with Crippen molar-refractivity contribution in [3.8, 4) is 0 Å². The van der Waals surface area contributed by atoms with Gasteiger partial charge in [0, 0.05) is 16.7 Å². The van der Waals surface area contributed by atoms with Crippen LogP contribution in [0.4, 0.5) is 0 Å². The number of Topliss-reactive ketones (excluding diaryl/α,β-unsaturated/α-hetero) is 1. The number of amides is 3. The number of benzene rings is 3. The lowest BCUT2D eigenvalue weighted by molar-refractivity contribution is -0.122. The Kier molecular flexibility index (Phi) is 5.33. The maximum atomic E-state index is 12.9. The molecule has 0 bridgehead atoms. The van der Waals surface area contributed by atoms with Crippen LogP contribution in [-0.4, -0.2) is 28.4 Å². The Balaban J connectivity index is 2.02. The summed E-state index contributed by atoms with van der Waals surface area (Å²) in [6, 6.07) is 23.6. The van der Waals surface area contributed by atoms with Gasteiger partial charge in [-0.05, 0) is 24.3 Å². The van der Waals surface area contributed by atoms with Crippen LogP contribution in [0.2, 0.25) is 0 Å². The smallest absolute Gasteiger partial charge is 0.283 e. The Morgan fingerprint density at radius 2 is 0.815 bits per heavy atom. The summed E-state index contributed by atoms with van der Waals surface area (Å²) in [7, 11) is 0. The molecule has 0 radical (unpaired) electrons. The average Bonchev–Trinajstić information content (AvgIpc) is 2.75. The predicted molar refractivity (Wildman–Crippen MR) is 99.2 cm³/mol. The van der Waals surface area contributed by atoms with Crippen molar-refractivity contribution in [3.05, 3.63) is 108 Å². The van der Waals surface area contributed by atoms with Gasteiger partial charge in [0.1, 0.15) is 0 Å². The summed E-state index contributed by atoms with van der Waals surface area (Å²) in [5.41, 5.74) is 0.376. The van der Waals surface area contributed by atoms with Gasteiger partial charge >= 0.3 is 5.91 Å². The lowest BCUT2D eigenvalue weighted by atomic mass is 10.1. The summed E-state index contributed by atoms with van der Waals surface area (Å²) in [6.07, 6.45) is 0. The molecule has 0 fully saturated rings. The first-order valence-corrected chi connectivity index (χ1v) is 8.22. The third kappa shape index (κ3) is 3.88. The quantitative estimate of drug-likeness (QED) is 0.408. The molecule has 0 aliphatic heterocycles. The zero-order chi connectivity index (χ0) is 19.2. The van der Waals surface area contributed by atoms with E-state index in [-0.39, 0.29) is 16.7 Å². The van der Waals surface area contributed by atoms with Gasteiger partial charge in [-0.25, -0.2) is 4.90 Å². The van der Waals surface area contributed by atoms with Crippen LogP contribution in [0.15, 0.2) is 91.0 Å². The highest BCUT2D eigenvalue weighted by Crippen LogP contribution is 2.13. The molecule has 3 aromatic carbocycles. The molecule has 3 aromatic rings. The van der Waals surface area contributed by atoms with E-state index in [9.17, 15) is 19.2 Å². The van der Waals surface area contributed by atoms with Crippen LogP contribution in [0.1, 0.15) is 31.1 Å². The second kappa shape index (κ2) is 8.01. The highest BCUT2D eigenvalue weighted by atomic mass is 16.2. The fraction of sp³-hybridized carbons (Fsp3) is 0. The van der Waals surface area contributed by atoms with E-state index >= 15 is 0 Å². The lowest BCUT2D eigenvalue weighted by Gasteiger charge is -2.18. The third-order valence-corrected chi connectivity index (χ3v) is 3.88. The molecular weight excluding hydrogens is 342 g/mol. The standard InChI is InChI=1S/C22H15NO4/c24-19(16-10-4-1-5-11-16)22(27)23(20(25)17-12-6-2-7-13-17)21(26)18-14-8-3-9-15-18/h1-15H. The molecule has 27 heavy (non-hydrogen) atoms. The summed E-state index contributed by atoms with van der Waals surface area (Å²) in [4.78, 5) is 51.5. The van der Waals surface area contributed by atoms with E-state index < -0.39 is 23.5 Å². The maximum absolute atomic E-state index is 12.9. The largest absolute Gasteiger partial charge is 0.308 e. The first-order chi connectivity index (χ1) is 13.1. The van der Waals surface area contributed by atoms with E-state index in [0.29, 0.717) is 4.90 Å². The van der Waals surface area contributed by atoms with E-state index in [4.69, 9.17) is 0 Å². The van der Waals surface area contributed by atoms with Gasteiger partial charge in [-0.2, -0.15) is 0 Å². The Labute approximate surface area is 155 Å². The normalized spacial score (nSPS) is 10.1. The first-order valence-electron chi connectivity index (χ1n) is 8.22. The van der Waals surface area contributed by atoms with E-state index in [0.717, 1.165) is 0 Å². The van der Waals surface area contributed by atoms with Crippen LogP contribution in [0.5, 0.6) is 0 Å². The molecule has 0 unspecified atom stereocenters. The number of carbonyl (C=O) groups is 4. The Hall–Kier alpha value is -3.86. The van der Waals surface area contributed by atoms with E-state index in [1.54, 1.807) is 54.6 Å². The van der Waals surface area contributed by atoms with Crippen LogP contribution in [-0.2, 0) is 4.79 Å². The molecule has 0 aliphatic carbocycles. The summed E-state index contributed by atoms with van der Waals surface area (Å²) < 4.78 is 0. The van der Waals surface area contributed by atoms with Gasteiger partial charge in [0.15, 0.2) is 0 Å². The van der Waals surface area contributed by atoms with E-state index in [2.05, 4.69) is 0 Å². The lowest BCUT2D eigenvalue weighted by Crippen LogP contribution is -2.45. The molecule has 5 nitrogen and oxygen atoms in total. The molecule has 0 saturated carbocycles. The number of hydrogen-bond acceptors (Lipinski definition) is 4. The highest BCUT2D eigenvalue weighted by Gasteiger charge is 2.34. The van der Waals surface area contributed by atoms with Gasteiger partial charge in [0.05, 0.1) is 0 Å². The Morgan fingerprint density at radius 1 is 0.481 bits per heavy atom. The molecule has 0 atom stereocenters. The molecule has 0 saturated heterocycles. The Morgan fingerprint density at radius 3 is 1.19 bits per heavy atom. The summed E-state index contributed by atoms with van der Waals surface area (Å²) >= 11 is 0.